The van der Waals surface area contributed by atoms with Crippen LogP contribution in [0.1, 0.15) is 59.8 Å². The highest BCUT2D eigenvalue weighted by molar-refractivity contribution is 6.00. The van der Waals surface area contributed by atoms with Gasteiger partial charge in [0.15, 0.2) is 5.65 Å². The lowest BCUT2D eigenvalue weighted by Crippen LogP contribution is -2.33. The Kier molecular flexibility index (Phi) is 5.05. The topological polar surface area (TPSA) is 95.7 Å². The molecule has 3 aromatic rings. The van der Waals surface area contributed by atoms with Gasteiger partial charge in [-0.05, 0) is 56.7 Å². The number of rotatable bonds is 4. The maximum absolute atomic E-state index is 13.9. The average molecular weight is 424 g/mol. The van der Waals surface area contributed by atoms with Gasteiger partial charge in [0.25, 0.3) is 5.91 Å². The molecule has 2 N–H and O–H groups in total. The Morgan fingerprint density at radius 2 is 2.16 bits per heavy atom. The summed E-state index contributed by atoms with van der Waals surface area (Å²) in [4.78, 5) is 23.9. The van der Waals surface area contributed by atoms with E-state index in [2.05, 4.69) is 20.3 Å². The second kappa shape index (κ2) is 7.88. The molecule has 31 heavy (non-hydrogen) atoms. The molecule has 3 aromatic heterocycles. The molecular formula is C22H25FN6O2. The summed E-state index contributed by atoms with van der Waals surface area (Å²) in [6.45, 7) is 2.68. The van der Waals surface area contributed by atoms with E-state index in [1.165, 1.54) is 12.4 Å². The van der Waals surface area contributed by atoms with Crippen molar-refractivity contribution in [1.29, 1.82) is 0 Å². The van der Waals surface area contributed by atoms with Crippen LogP contribution < -0.4 is 10.2 Å². The minimum Gasteiger partial charge on any atom is -0.393 e. The van der Waals surface area contributed by atoms with Crippen molar-refractivity contribution in [2.75, 3.05) is 11.4 Å². The van der Waals surface area contributed by atoms with Crippen molar-refractivity contribution in [3.8, 4) is 0 Å². The predicted octanol–water partition coefficient (Wildman–Crippen LogP) is 2.56. The van der Waals surface area contributed by atoms with Gasteiger partial charge in [0.1, 0.15) is 17.2 Å². The molecule has 1 saturated heterocycles. The van der Waals surface area contributed by atoms with Crippen LogP contribution in [0.5, 0.6) is 0 Å². The number of hydrogen-bond donors (Lipinski definition) is 2. The number of carbonyl (C=O) groups excluding carboxylic acids is 1. The predicted molar refractivity (Wildman–Crippen MR) is 112 cm³/mol. The Morgan fingerprint density at radius 1 is 1.29 bits per heavy atom. The number of nitrogens with one attached hydrogen (secondary N) is 1. The number of nitrogens with zero attached hydrogens (tertiary/aromatic N) is 5. The van der Waals surface area contributed by atoms with Crippen molar-refractivity contribution in [2.24, 2.45) is 0 Å². The number of fused-ring (bicyclic) bond motifs is 1. The summed E-state index contributed by atoms with van der Waals surface area (Å²) in [6.07, 6.45) is 8.08. The molecule has 8 nitrogen and oxygen atoms in total. The van der Waals surface area contributed by atoms with Crippen LogP contribution in [-0.2, 0) is 0 Å². The first-order valence-electron chi connectivity index (χ1n) is 10.7. The van der Waals surface area contributed by atoms with Crippen LogP contribution in [0.2, 0.25) is 0 Å². The molecule has 5 rings (SSSR count). The summed E-state index contributed by atoms with van der Waals surface area (Å²) >= 11 is 0. The quantitative estimate of drug-likeness (QED) is 0.668. The van der Waals surface area contributed by atoms with E-state index in [1.54, 1.807) is 16.8 Å². The summed E-state index contributed by atoms with van der Waals surface area (Å²) < 4.78 is 15.4. The van der Waals surface area contributed by atoms with Crippen molar-refractivity contribution >= 4 is 17.4 Å². The van der Waals surface area contributed by atoms with Gasteiger partial charge in [-0.2, -0.15) is 5.10 Å². The lowest BCUT2D eigenvalue weighted by Gasteiger charge is -2.27. The molecule has 2 fully saturated rings. The van der Waals surface area contributed by atoms with E-state index in [0.29, 0.717) is 24.1 Å². The van der Waals surface area contributed by atoms with E-state index in [9.17, 15) is 14.3 Å². The molecule has 0 bridgehead atoms. The zero-order valence-electron chi connectivity index (χ0n) is 17.3. The van der Waals surface area contributed by atoms with Gasteiger partial charge in [-0.3, -0.25) is 9.78 Å². The zero-order valence-corrected chi connectivity index (χ0v) is 17.3. The number of hydrogen-bond acceptors (Lipinski definition) is 6. The smallest absolute Gasteiger partial charge is 0.256 e. The third-order valence-corrected chi connectivity index (χ3v) is 6.34. The molecular weight excluding hydrogens is 399 g/mol. The van der Waals surface area contributed by atoms with Gasteiger partial charge in [0.05, 0.1) is 24.5 Å². The van der Waals surface area contributed by atoms with Gasteiger partial charge in [-0.15, -0.1) is 0 Å². The Labute approximate surface area is 179 Å². The van der Waals surface area contributed by atoms with Crippen LogP contribution in [0.3, 0.4) is 0 Å². The summed E-state index contributed by atoms with van der Waals surface area (Å²) in [7, 11) is 0. The molecule has 0 radical (unpaired) electrons. The van der Waals surface area contributed by atoms with Crippen LogP contribution in [0.15, 0.2) is 30.7 Å². The lowest BCUT2D eigenvalue weighted by molar-refractivity contribution is 0.0935. The van der Waals surface area contributed by atoms with E-state index < -0.39 is 0 Å². The zero-order chi connectivity index (χ0) is 21.5. The monoisotopic (exact) mass is 424 g/mol. The van der Waals surface area contributed by atoms with E-state index in [-0.39, 0.29) is 29.9 Å². The highest BCUT2D eigenvalue weighted by atomic mass is 19.1. The summed E-state index contributed by atoms with van der Waals surface area (Å²) in [6, 6.07) is 3.37. The van der Waals surface area contributed by atoms with Gasteiger partial charge >= 0.3 is 0 Å². The highest BCUT2D eigenvalue weighted by Crippen LogP contribution is 2.36. The highest BCUT2D eigenvalue weighted by Gasteiger charge is 2.30. The van der Waals surface area contributed by atoms with Gasteiger partial charge in [0, 0.05) is 24.5 Å². The SMILES string of the molecule is Cc1ncc(F)cc1[C@H]1CCCN1c1ccn2ncc(C(=O)N[C@H]3CC[C@H](O)C3)c2n1. The first-order chi connectivity index (χ1) is 15.0. The number of anilines is 1. The number of pyridine rings is 1. The van der Waals surface area contributed by atoms with Crippen LogP contribution in [0.4, 0.5) is 10.2 Å². The van der Waals surface area contributed by atoms with Crippen LogP contribution in [0, 0.1) is 12.7 Å². The fourth-order valence-electron chi connectivity index (χ4n) is 4.76. The maximum atomic E-state index is 13.9. The third-order valence-electron chi connectivity index (χ3n) is 6.34. The largest absolute Gasteiger partial charge is 0.393 e. The normalized spacial score (nSPS) is 23.6. The number of aromatic nitrogens is 4. The van der Waals surface area contributed by atoms with Gasteiger partial charge in [-0.25, -0.2) is 13.9 Å². The molecule has 1 saturated carbocycles. The second-order valence-electron chi connectivity index (χ2n) is 8.43. The van der Waals surface area contributed by atoms with Crippen LogP contribution in [0.25, 0.3) is 5.65 Å². The van der Waals surface area contributed by atoms with Crippen LogP contribution >= 0.6 is 0 Å². The van der Waals surface area contributed by atoms with Crippen molar-refractivity contribution in [1.82, 2.24) is 24.9 Å². The summed E-state index contributed by atoms with van der Waals surface area (Å²) in [5.41, 5.74) is 2.56. The van der Waals surface area contributed by atoms with Gasteiger partial charge in [-0.1, -0.05) is 0 Å². The number of halogens is 1. The summed E-state index contributed by atoms with van der Waals surface area (Å²) in [5.74, 6) is 0.147. The molecule has 9 heteroatoms. The fourth-order valence-corrected chi connectivity index (χ4v) is 4.76. The lowest BCUT2D eigenvalue weighted by atomic mass is 10.0. The second-order valence-corrected chi connectivity index (χ2v) is 8.43. The molecule has 2 aliphatic rings. The van der Waals surface area contributed by atoms with Crippen LogP contribution in [-0.4, -0.2) is 49.3 Å². The third kappa shape index (κ3) is 3.74. The standard InChI is InChI=1S/C22H25FN6O2/c1-13-17(9-14(23)11-24-13)19-3-2-7-28(19)20-6-8-29-21(27-20)18(12-25-29)22(31)26-15-4-5-16(30)10-15/h6,8-9,11-12,15-16,19,30H,2-5,7,10H2,1H3,(H,26,31)/t15-,16-,19+/m0/s1. The van der Waals surface area contributed by atoms with E-state index in [1.807, 2.05) is 13.0 Å². The molecule has 0 spiro atoms. The van der Waals surface area contributed by atoms with Crippen molar-refractivity contribution in [3.05, 3.63) is 53.4 Å². The van der Waals surface area contributed by atoms with E-state index >= 15 is 0 Å². The number of aliphatic hydroxyl groups excluding tert-OH is 1. The molecule has 0 aromatic carbocycles. The molecule has 1 amide bonds. The number of amides is 1. The molecule has 0 unspecified atom stereocenters. The Hall–Kier alpha value is -3.07. The number of aliphatic hydroxyl groups is 1. The minimum absolute atomic E-state index is 0.0154. The summed E-state index contributed by atoms with van der Waals surface area (Å²) in [5, 5.41) is 17.0. The molecule has 1 aliphatic carbocycles. The van der Waals surface area contributed by atoms with E-state index in [0.717, 1.165) is 42.9 Å². The van der Waals surface area contributed by atoms with Crippen molar-refractivity contribution in [2.45, 2.75) is 57.2 Å². The fraction of sp³-hybridized carbons (Fsp3) is 0.455. The molecule has 162 valence electrons. The first kappa shape index (κ1) is 19.9. The maximum Gasteiger partial charge on any atom is 0.256 e. The Bertz CT molecular complexity index is 1130. The van der Waals surface area contributed by atoms with Gasteiger partial charge in [0.2, 0.25) is 0 Å². The first-order valence-corrected chi connectivity index (χ1v) is 10.7. The number of aryl methyl sites for hydroxylation is 1. The van der Waals surface area contributed by atoms with Crippen molar-refractivity contribution < 1.29 is 14.3 Å². The average Bonchev–Trinajstić information content (AvgIpc) is 3.48. The van der Waals surface area contributed by atoms with Gasteiger partial charge < -0.3 is 15.3 Å². The number of carbonyl (C=O) groups is 1. The minimum atomic E-state index is -0.355. The van der Waals surface area contributed by atoms with Crippen molar-refractivity contribution in [3.63, 3.8) is 0 Å². The Balaban J connectivity index is 1.44. The molecule has 1 aliphatic heterocycles. The van der Waals surface area contributed by atoms with E-state index in [4.69, 9.17) is 4.98 Å². The Morgan fingerprint density at radius 3 is 2.97 bits per heavy atom. The molecule has 4 heterocycles. The molecule has 3 atom stereocenters.